The number of benzene rings is 5. The van der Waals surface area contributed by atoms with Gasteiger partial charge in [-0.3, -0.25) is 0 Å². The molecule has 216 valence electrons. The molecule has 0 saturated carbocycles. The minimum atomic E-state index is -2.44. The summed E-state index contributed by atoms with van der Waals surface area (Å²) in [5, 5.41) is 8.27. The van der Waals surface area contributed by atoms with Crippen LogP contribution in [0.3, 0.4) is 0 Å². The predicted octanol–water partition coefficient (Wildman–Crippen LogP) is 11.9. The Kier molecular flexibility index (Phi) is 11.0. The number of hydrogen-bond donors (Lipinski definition) is 0. The Balaban J connectivity index is 0.000000133. The molecule has 0 aliphatic heterocycles. The van der Waals surface area contributed by atoms with E-state index in [9.17, 15) is 0 Å². The Morgan fingerprint density at radius 2 is 1.07 bits per heavy atom. The first-order valence-corrected chi connectivity index (χ1v) is 22.4. The molecule has 0 bridgehead atoms. The van der Waals surface area contributed by atoms with Crippen LogP contribution in [0.5, 0.6) is 0 Å². The van der Waals surface area contributed by atoms with E-state index in [-0.39, 0.29) is 0 Å². The maximum absolute atomic E-state index is 6.24. The van der Waals surface area contributed by atoms with Crippen LogP contribution in [0, 0.1) is 6.92 Å². The molecule has 0 N–H and O–H groups in total. The molecule has 0 fully saturated rings. The van der Waals surface area contributed by atoms with Crippen molar-refractivity contribution in [3.05, 3.63) is 167 Å². The van der Waals surface area contributed by atoms with Crippen LogP contribution in [-0.2, 0) is 31.7 Å². The molecule has 0 heterocycles. The third kappa shape index (κ3) is 7.71. The quantitative estimate of drug-likeness (QED) is 0.163. The van der Waals surface area contributed by atoms with Gasteiger partial charge in [-0.2, -0.15) is 11.6 Å². The van der Waals surface area contributed by atoms with Crippen LogP contribution in [0.4, 0.5) is 0 Å². The number of rotatable bonds is 4. The Labute approximate surface area is 270 Å². The molecule has 0 spiro atoms. The second-order valence-electron chi connectivity index (χ2n) is 10.7. The van der Waals surface area contributed by atoms with Crippen molar-refractivity contribution in [3.8, 4) is 0 Å². The molecule has 0 aromatic heterocycles. The summed E-state index contributed by atoms with van der Waals surface area (Å²) in [6.45, 7) is 6.56. The van der Waals surface area contributed by atoms with Crippen molar-refractivity contribution >= 4 is 52.5 Å². The molecule has 0 aliphatic rings. The number of fused-ring (bicyclic) bond motifs is 4. The van der Waals surface area contributed by atoms with Crippen LogP contribution in [0.15, 0.2) is 140 Å². The first kappa shape index (κ1) is 31.3. The molecule has 0 radical (unpaired) electrons. The van der Waals surface area contributed by atoms with Crippen molar-refractivity contribution in [2.45, 2.75) is 33.6 Å². The second kappa shape index (κ2) is 15.1. The molecule has 7 aromatic carbocycles. The van der Waals surface area contributed by atoms with Gasteiger partial charge in [0.15, 0.2) is 0 Å². The molecule has 3 heteroatoms. The van der Waals surface area contributed by atoms with Crippen LogP contribution in [-0.4, -0.2) is 3.21 Å². The van der Waals surface area contributed by atoms with Crippen LogP contribution >= 0.6 is 17.0 Å². The third-order valence-corrected chi connectivity index (χ3v) is 12.4. The Bertz CT molecular complexity index is 1860. The standard InChI is InChI=1S/C17H17.C13H10.C10H9.2ClH.Zr/c1-3-12-5-7-16-14(9-12)11-15-10-13(4-2)6-8-17(15)16;1-3-7-12(8-4-1)11-13-9-5-2-6-10-13;1-8-6-7-9-4-2-3-5-10(8)9;;;/h5-11H,3-4H2,1-2H3;1-10H;2-7H,1H3;2*1H;/q-1;;-1;;;+2/p-2. The topological polar surface area (TPSA) is 0 Å². The third-order valence-electron chi connectivity index (χ3n) is 7.86. The molecular weight excluding hydrogens is 643 g/mol. The van der Waals surface area contributed by atoms with Crippen molar-refractivity contribution in [3.63, 3.8) is 0 Å². The van der Waals surface area contributed by atoms with E-state index in [0.717, 1.165) is 27.2 Å². The van der Waals surface area contributed by atoms with Gasteiger partial charge in [0.2, 0.25) is 0 Å². The fourth-order valence-corrected chi connectivity index (χ4v) is 9.94. The zero-order chi connectivity index (χ0) is 30.2. The van der Waals surface area contributed by atoms with E-state index in [0.29, 0.717) is 0 Å². The zero-order valence-electron chi connectivity index (χ0n) is 24.9. The van der Waals surface area contributed by atoms with Gasteiger partial charge in [0, 0.05) is 0 Å². The van der Waals surface area contributed by atoms with Crippen LogP contribution in [0.25, 0.3) is 32.3 Å². The fraction of sp³-hybridized carbons (Fsp3) is 0.125. The molecule has 7 aromatic rings. The average molecular weight is 679 g/mol. The molecule has 0 nitrogen and oxygen atoms in total. The van der Waals surface area contributed by atoms with E-state index in [1.807, 2.05) is 36.4 Å². The average Bonchev–Trinajstić information content (AvgIpc) is 3.61. The molecule has 0 unspecified atom stereocenters. The van der Waals surface area contributed by atoms with E-state index in [2.05, 4.69) is 124 Å². The van der Waals surface area contributed by atoms with Gasteiger partial charge in [-0.25, -0.2) is 0 Å². The first-order valence-electron chi connectivity index (χ1n) is 14.9. The normalized spacial score (nSPS) is 10.6. The van der Waals surface area contributed by atoms with Crippen LogP contribution < -0.4 is 0 Å². The summed E-state index contributed by atoms with van der Waals surface area (Å²) < 4.78 is 1.15. The predicted molar refractivity (Wildman–Crippen MR) is 188 cm³/mol. The number of hydrogen-bond acceptors (Lipinski definition) is 0. The first-order chi connectivity index (χ1) is 21.0. The van der Waals surface area contributed by atoms with Crippen molar-refractivity contribution in [1.29, 1.82) is 0 Å². The van der Waals surface area contributed by atoms with E-state index in [1.54, 1.807) is 0 Å². The Morgan fingerprint density at radius 1 is 0.581 bits per heavy atom. The van der Waals surface area contributed by atoms with Gasteiger partial charge in [-0.1, -0.05) is 62.2 Å². The summed E-state index contributed by atoms with van der Waals surface area (Å²) >= 11 is -2.44. The van der Waals surface area contributed by atoms with Gasteiger partial charge in [0.1, 0.15) is 0 Å². The minimum absolute atomic E-state index is 1.11. The van der Waals surface area contributed by atoms with Crippen molar-refractivity contribution in [2.75, 3.05) is 0 Å². The van der Waals surface area contributed by atoms with Gasteiger partial charge in [0.05, 0.1) is 0 Å². The molecule has 0 aliphatic carbocycles. The van der Waals surface area contributed by atoms with Gasteiger partial charge < -0.3 is 0 Å². The monoisotopic (exact) mass is 676 g/mol. The zero-order valence-corrected chi connectivity index (χ0v) is 28.9. The summed E-state index contributed by atoms with van der Waals surface area (Å²) in [5.41, 5.74) is 6.50. The van der Waals surface area contributed by atoms with Crippen LogP contribution in [0.2, 0.25) is 0 Å². The maximum atomic E-state index is 6.24. The SMILES string of the molecule is CCc1ccc2c(c1)[cH-]c1cc(CC)ccc12.Cc1c[cH-]c2ccccc12.[Cl][Zr]([Cl])=[C](c1ccccc1)c1ccccc1. The van der Waals surface area contributed by atoms with E-state index in [1.165, 1.54) is 49.0 Å². The molecule has 0 amide bonds. The van der Waals surface area contributed by atoms with Crippen molar-refractivity contribution in [2.24, 2.45) is 0 Å². The fourth-order valence-electron chi connectivity index (χ4n) is 5.46. The van der Waals surface area contributed by atoms with Gasteiger partial charge in [-0.05, 0) is 12.8 Å². The van der Waals surface area contributed by atoms with Crippen molar-refractivity contribution in [1.82, 2.24) is 0 Å². The number of aryl methyl sites for hydroxylation is 3. The Morgan fingerprint density at radius 3 is 1.53 bits per heavy atom. The summed E-state index contributed by atoms with van der Waals surface area (Å²) in [7, 11) is 12.5. The summed E-state index contributed by atoms with van der Waals surface area (Å²) in [6, 6.07) is 49.0. The Hall–Kier alpha value is -3.09. The van der Waals surface area contributed by atoms with Gasteiger partial charge >= 0.3 is 111 Å². The van der Waals surface area contributed by atoms with E-state index >= 15 is 0 Å². The molecule has 43 heavy (non-hydrogen) atoms. The molecule has 0 saturated heterocycles. The number of halogens is 2. The van der Waals surface area contributed by atoms with Gasteiger partial charge in [0.25, 0.3) is 0 Å². The van der Waals surface area contributed by atoms with E-state index in [4.69, 9.17) is 17.0 Å². The van der Waals surface area contributed by atoms with E-state index < -0.39 is 18.9 Å². The van der Waals surface area contributed by atoms with Crippen LogP contribution in [0.1, 0.15) is 41.7 Å². The summed E-state index contributed by atoms with van der Waals surface area (Å²) in [4.78, 5) is 0. The molecule has 0 atom stereocenters. The summed E-state index contributed by atoms with van der Waals surface area (Å²) in [5.74, 6) is 0. The molecular formula is C40H36Cl2Zr-2. The molecule has 7 rings (SSSR count). The summed E-state index contributed by atoms with van der Waals surface area (Å²) in [6.07, 6.45) is 2.22. The second-order valence-corrected chi connectivity index (χ2v) is 18.8. The van der Waals surface area contributed by atoms with Crippen molar-refractivity contribution < 1.29 is 18.9 Å². The van der Waals surface area contributed by atoms with Gasteiger partial charge in [-0.15, -0.1) is 74.8 Å².